The Morgan fingerprint density at radius 2 is 0.986 bits per heavy atom. The van der Waals surface area contributed by atoms with Crippen molar-refractivity contribution in [2.24, 2.45) is 0 Å². The van der Waals surface area contributed by atoms with Crippen LogP contribution in [0.1, 0.15) is 28.2 Å². The Balaban J connectivity index is 1.05. The van der Waals surface area contributed by atoms with Gasteiger partial charge in [-0.05, 0) is 121 Å². The van der Waals surface area contributed by atoms with Crippen LogP contribution in [0.2, 0.25) is 0 Å². The number of benzene rings is 11. The Hall–Kier alpha value is -9.51. The van der Waals surface area contributed by atoms with Crippen molar-refractivity contribution >= 4 is 55.1 Å². The van der Waals surface area contributed by atoms with Crippen LogP contribution < -0.4 is 0 Å². The first kappa shape index (κ1) is 41.5. The van der Waals surface area contributed by atoms with Crippen molar-refractivity contribution < 1.29 is 0 Å². The first-order chi connectivity index (χ1) is 35.7. The van der Waals surface area contributed by atoms with Gasteiger partial charge in [-0.15, -0.1) is 0 Å². The molecule has 2 aromatic heterocycles. The molecule has 4 nitrogen and oxygen atoms in total. The maximum Gasteiger partial charge on any atom is 0.160 e. The number of allylic oxidation sites excluding steroid dienone is 1. The third-order valence-electron chi connectivity index (χ3n) is 14.5. The molecule has 0 N–H and O–H groups in total. The summed E-state index contributed by atoms with van der Waals surface area (Å²) in [6, 6.07) is 91.3. The lowest BCUT2D eigenvalue weighted by molar-refractivity contribution is 1.07. The number of aromatic nitrogens is 4. The van der Waals surface area contributed by atoms with Crippen LogP contribution in [0.3, 0.4) is 0 Å². The fraction of sp³-hybridized carbons (Fsp3) is 0.0147. The highest BCUT2D eigenvalue weighted by molar-refractivity contribution is 6.11. The van der Waals surface area contributed by atoms with Gasteiger partial charge >= 0.3 is 0 Å². The predicted molar refractivity (Wildman–Crippen MR) is 299 cm³/mol. The van der Waals surface area contributed by atoms with Gasteiger partial charge in [0.25, 0.3) is 0 Å². The molecule has 0 saturated heterocycles. The van der Waals surface area contributed by atoms with Crippen LogP contribution in [0.5, 0.6) is 0 Å². The Morgan fingerprint density at radius 1 is 0.375 bits per heavy atom. The van der Waals surface area contributed by atoms with Crippen molar-refractivity contribution in [3.63, 3.8) is 0 Å². The van der Waals surface area contributed by atoms with Gasteiger partial charge in [0.05, 0.1) is 22.2 Å². The average molecular weight is 917 g/mol. The van der Waals surface area contributed by atoms with E-state index in [0.29, 0.717) is 5.82 Å². The van der Waals surface area contributed by atoms with E-state index in [9.17, 15) is 0 Å². The van der Waals surface area contributed by atoms with Crippen LogP contribution >= 0.6 is 0 Å². The number of imidazole rings is 1. The highest BCUT2D eigenvalue weighted by Crippen LogP contribution is 2.48. The zero-order valence-corrected chi connectivity index (χ0v) is 39.2. The van der Waals surface area contributed by atoms with Crippen molar-refractivity contribution in [2.75, 3.05) is 0 Å². The van der Waals surface area contributed by atoms with Gasteiger partial charge < -0.3 is 0 Å². The summed E-state index contributed by atoms with van der Waals surface area (Å²) >= 11 is 0. The zero-order valence-electron chi connectivity index (χ0n) is 39.2. The smallest absolute Gasteiger partial charge is 0.160 e. The molecule has 1 unspecified atom stereocenters. The lowest BCUT2D eigenvalue weighted by Crippen LogP contribution is -2.02. The summed E-state index contributed by atoms with van der Waals surface area (Å²) in [6.07, 6.45) is 2.39. The monoisotopic (exact) mass is 916 g/mol. The molecule has 0 bridgehead atoms. The number of hydrogen-bond acceptors (Lipinski definition) is 3. The molecule has 72 heavy (non-hydrogen) atoms. The third-order valence-corrected chi connectivity index (χ3v) is 14.5. The van der Waals surface area contributed by atoms with Crippen LogP contribution in [0.25, 0.3) is 117 Å². The molecule has 2 heterocycles. The number of rotatable bonds is 8. The molecule has 0 amide bonds. The maximum atomic E-state index is 5.70. The summed E-state index contributed by atoms with van der Waals surface area (Å²) in [7, 11) is 0. The van der Waals surface area contributed by atoms with E-state index in [1.54, 1.807) is 0 Å². The predicted octanol–water partition coefficient (Wildman–Crippen LogP) is 17.3. The summed E-state index contributed by atoms with van der Waals surface area (Å²) in [4.78, 5) is 16.7. The Bertz CT molecular complexity index is 4240. The van der Waals surface area contributed by atoms with Crippen LogP contribution in [0.15, 0.2) is 255 Å². The number of fused-ring (bicyclic) bond motifs is 5. The molecule has 0 aliphatic heterocycles. The SMILES string of the molecule is C1=C(c2ccccc2)C(c2ccccc2)c2ccc(-c3nc(-c4ccc5c(c4)nc(-c4ccccc4)n5-c4ccccc4)nc4c(-c5cccc6ccccc56)cc(-c5cccc6ccccc56)cc34)cc21. The van der Waals surface area contributed by atoms with Crippen LogP contribution in [-0.4, -0.2) is 19.5 Å². The molecule has 0 spiro atoms. The van der Waals surface area contributed by atoms with Crippen molar-refractivity contribution in [2.45, 2.75) is 5.92 Å². The Morgan fingerprint density at radius 3 is 1.72 bits per heavy atom. The number of hydrogen-bond donors (Lipinski definition) is 0. The molecule has 11 aromatic carbocycles. The van der Waals surface area contributed by atoms with Gasteiger partial charge in [0.1, 0.15) is 5.82 Å². The van der Waals surface area contributed by atoms with Gasteiger partial charge in [-0.3, -0.25) is 4.57 Å². The van der Waals surface area contributed by atoms with E-state index in [4.69, 9.17) is 15.0 Å². The summed E-state index contributed by atoms with van der Waals surface area (Å²) in [5.74, 6) is 1.61. The lowest BCUT2D eigenvalue weighted by Gasteiger charge is -2.19. The Kier molecular flexibility index (Phi) is 9.88. The summed E-state index contributed by atoms with van der Waals surface area (Å²) in [5, 5.41) is 5.72. The van der Waals surface area contributed by atoms with E-state index in [0.717, 1.165) is 78.1 Å². The van der Waals surface area contributed by atoms with Gasteiger partial charge in [-0.1, -0.05) is 206 Å². The van der Waals surface area contributed by atoms with Gasteiger partial charge in [-0.2, -0.15) is 0 Å². The minimum atomic E-state index is 0.0921. The second-order valence-electron chi connectivity index (χ2n) is 18.7. The van der Waals surface area contributed by atoms with Crippen molar-refractivity contribution in [3.05, 3.63) is 277 Å². The highest BCUT2D eigenvalue weighted by atomic mass is 15.1. The second-order valence-corrected chi connectivity index (χ2v) is 18.7. The van der Waals surface area contributed by atoms with Gasteiger partial charge in [0, 0.05) is 39.2 Å². The molecule has 14 rings (SSSR count). The Labute approximate surface area is 417 Å². The van der Waals surface area contributed by atoms with E-state index in [2.05, 4.69) is 259 Å². The molecule has 13 aromatic rings. The molecule has 0 saturated carbocycles. The molecule has 1 atom stereocenters. The average Bonchev–Trinajstić information content (AvgIpc) is 4.04. The van der Waals surface area contributed by atoms with Gasteiger partial charge in [-0.25, -0.2) is 15.0 Å². The summed E-state index contributed by atoms with van der Waals surface area (Å²) in [5.41, 5.74) is 18.3. The van der Waals surface area contributed by atoms with Crippen LogP contribution in [0, 0.1) is 0 Å². The summed E-state index contributed by atoms with van der Waals surface area (Å²) in [6.45, 7) is 0. The first-order valence-corrected chi connectivity index (χ1v) is 24.6. The minimum absolute atomic E-state index is 0.0921. The topological polar surface area (TPSA) is 43.6 Å². The van der Waals surface area contributed by atoms with E-state index >= 15 is 0 Å². The highest BCUT2D eigenvalue weighted by Gasteiger charge is 2.29. The standard InChI is InChI=1S/C68H44N4/c1-5-19-46(20-6-1)59-40-51-39-49(35-37-57(51)64(59)47-23-7-2-8-24-47)65-61-42-52(56-33-17-27-44-21-13-15-31-54(44)56)41-60(58-34-18-28-45-22-14-16-32-55(45)58)66(61)71-67(70-65)50-36-38-63-62(43-50)69-68(48-25-9-3-10-26-48)72(63)53-29-11-4-12-30-53/h1-43,64H. The fourth-order valence-electron chi connectivity index (χ4n) is 11.1. The first-order valence-electron chi connectivity index (χ1n) is 24.6. The lowest BCUT2D eigenvalue weighted by atomic mass is 9.85. The van der Waals surface area contributed by atoms with Crippen LogP contribution in [-0.2, 0) is 0 Å². The van der Waals surface area contributed by atoms with Crippen molar-refractivity contribution in [1.82, 2.24) is 19.5 Å². The van der Waals surface area contributed by atoms with Crippen molar-refractivity contribution in [3.8, 4) is 62.0 Å². The minimum Gasteiger partial charge on any atom is -0.292 e. The molecule has 1 aliphatic rings. The largest absolute Gasteiger partial charge is 0.292 e. The third kappa shape index (κ3) is 7.03. The molecule has 336 valence electrons. The van der Waals surface area contributed by atoms with E-state index in [1.165, 1.54) is 49.4 Å². The van der Waals surface area contributed by atoms with Gasteiger partial charge in [0.15, 0.2) is 5.82 Å². The van der Waals surface area contributed by atoms with E-state index < -0.39 is 0 Å². The fourth-order valence-corrected chi connectivity index (χ4v) is 11.1. The normalized spacial score (nSPS) is 13.2. The molecule has 0 fully saturated rings. The zero-order chi connectivity index (χ0) is 47.5. The molecular weight excluding hydrogens is 873 g/mol. The second kappa shape index (κ2) is 17.2. The number of nitrogens with zero attached hydrogens (tertiary/aromatic N) is 4. The molecular formula is C68H44N4. The molecule has 0 radical (unpaired) electrons. The quantitative estimate of drug-likeness (QED) is 0.153. The number of para-hydroxylation sites is 1. The van der Waals surface area contributed by atoms with Gasteiger partial charge in [0.2, 0.25) is 0 Å². The van der Waals surface area contributed by atoms with E-state index in [1.807, 2.05) is 6.07 Å². The maximum absolute atomic E-state index is 5.70. The van der Waals surface area contributed by atoms with Crippen molar-refractivity contribution in [1.29, 1.82) is 0 Å². The summed E-state index contributed by atoms with van der Waals surface area (Å²) < 4.78 is 2.25. The molecule has 4 heteroatoms. The molecule has 1 aliphatic carbocycles. The van der Waals surface area contributed by atoms with E-state index in [-0.39, 0.29) is 5.92 Å². The van der Waals surface area contributed by atoms with Crippen LogP contribution in [0.4, 0.5) is 0 Å².